The van der Waals surface area contributed by atoms with E-state index < -0.39 is 35.8 Å². The highest BCUT2D eigenvalue weighted by atomic mass is 16.6. The summed E-state index contributed by atoms with van der Waals surface area (Å²) in [5, 5.41) is 7.75. The number of carbonyl (C=O) groups excluding carboxylic acids is 4. The summed E-state index contributed by atoms with van der Waals surface area (Å²) in [5.41, 5.74) is 0.793. The molecule has 3 N–H and O–H groups in total. The van der Waals surface area contributed by atoms with Crippen molar-refractivity contribution >= 4 is 23.7 Å². The van der Waals surface area contributed by atoms with Gasteiger partial charge in [0.15, 0.2) is 0 Å². The van der Waals surface area contributed by atoms with E-state index in [1.807, 2.05) is 51.1 Å². The Kier molecular flexibility index (Phi) is 12.7. The molecule has 0 bridgehead atoms. The lowest BCUT2D eigenvalue weighted by Crippen LogP contribution is -2.55. The van der Waals surface area contributed by atoms with Gasteiger partial charge in [0.2, 0.25) is 11.7 Å². The van der Waals surface area contributed by atoms with Gasteiger partial charge < -0.3 is 25.4 Å². The molecule has 3 amide bonds. The smallest absolute Gasteiger partial charge is 0.407 e. The average Bonchev–Trinajstić information content (AvgIpc) is 2.76. The molecular weight excluding hydrogens is 414 g/mol. The predicted octanol–water partition coefficient (Wildman–Crippen LogP) is 1.60. The van der Waals surface area contributed by atoms with Crippen molar-refractivity contribution in [3.63, 3.8) is 0 Å². The van der Waals surface area contributed by atoms with Crippen LogP contribution in [0.15, 0.2) is 30.3 Å². The lowest BCUT2D eigenvalue weighted by Gasteiger charge is -2.23. The molecule has 32 heavy (non-hydrogen) atoms. The minimum Gasteiger partial charge on any atom is -0.447 e. The second-order valence-electron chi connectivity index (χ2n) is 7.83. The first-order valence-corrected chi connectivity index (χ1v) is 10.9. The van der Waals surface area contributed by atoms with Crippen molar-refractivity contribution in [3.05, 3.63) is 35.9 Å². The van der Waals surface area contributed by atoms with Crippen LogP contribution in [0, 0.1) is 5.92 Å². The number of ether oxygens (including phenoxy) is 2. The van der Waals surface area contributed by atoms with Crippen molar-refractivity contribution in [2.24, 2.45) is 5.92 Å². The number of rotatable bonds is 14. The molecule has 0 spiro atoms. The van der Waals surface area contributed by atoms with Crippen LogP contribution in [0.2, 0.25) is 0 Å². The fraction of sp³-hybridized carbons (Fsp3) is 0.565. The van der Waals surface area contributed by atoms with E-state index in [0.717, 1.165) is 5.56 Å². The number of amides is 3. The van der Waals surface area contributed by atoms with E-state index in [9.17, 15) is 19.2 Å². The Balaban J connectivity index is 2.95. The maximum absolute atomic E-state index is 13.0. The van der Waals surface area contributed by atoms with Gasteiger partial charge in [0.05, 0.1) is 6.61 Å². The quantitative estimate of drug-likeness (QED) is 0.293. The topological polar surface area (TPSA) is 123 Å². The number of alkyl carbamates (subject to hydrolysis) is 1. The van der Waals surface area contributed by atoms with Crippen LogP contribution in [0.5, 0.6) is 0 Å². The number of benzene rings is 1. The highest BCUT2D eigenvalue weighted by Crippen LogP contribution is 2.09. The molecule has 0 radical (unpaired) electrons. The molecule has 1 aromatic carbocycles. The molecular formula is C23H35N3O6. The third kappa shape index (κ3) is 10.4. The minimum absolute atomic E-state index is 0.0467. The van der Waals surface area contributed by atoms with Gasteiger partial charge in [-0.3, -0.25) is 14.4 Å². The van der Waals surface area contributed by atoms with E-state index in [1.165, 1.54) is 7.11 Å². The zero-order valence-corrected chi connectivity index (χ0v) is 19.3. The van der Waals surface area contributed by atoms with E-state index in [0.29, 0.717) is 19.4 Å². The summed E-state index contributed by atoms with van der Waals surface area (Å²) in [4.78, 5) is 50.1. The Bertz CT molecular complexity index is 739. The molecule has 0 aromatic heterocycles. The second-order valence-corrected chi connectivity index (χ2v) is 7.83. The average molecular weight is 450 g/mol. The summed E-state index contributed by atoms with van der Waals surface area (Å²) in [7, 11) is 1.48. The van der Waals surface area contributed by atoms with Gasteiger partial charge in [-0.25, -0.2) is 4.79 Å². The molecule has 0 heterocycles. The molecule has 9 heteroatoms. The second kappa shape index (κ2) is 15.0. The fourth-order valence-corrected chi connectivity index (χ4v) is 2.92. The monoisotopic (exact) mass is 449 g/mol. The standard InChI is InChI=1S/C23H35N3O6/c1-5-11-24-22(29)20(27)18(15-17-9-7-6-8-10-17)25-21(28)19(14-16(2)3)26-23(30)32-13-12-31-4/h6-10,16,18-19H,5,11-15H2,1-4H3,(H,24,29)(H,25,28)(H,26,30). The third-order valence-electron chi connectivity index (χ3n) is 4.51. The predicted molar refractivity (Wildman–Crippen MR) is 120 cm³/mol. The van der Waals surface area contributed by atoms with E-state index in [4.69, 9.17) is 9.47 Å². The lowest BCUT2D eigenvalue weighted by atomic mass is 9.99. The molecule has 1 aromatic rings. The van der Waals surface area contributed by atoms with Gasteiger partial charge in [-0.1, -0.05) is 51.1 Å². The van der Waals surface area contributed by atoms with Gasteiger partial charge >= 0.3 is 6.09 Å². The number of Topliss-reactive ketones (excluding diaryl/α,β-unsaturated/α-hetero) is 1. The van der Waals surface area contributed by atoms with E-state index >= 15 is 0 Å². The van der Waals surface area contributed by atoms with Crippen molar-refractivity contribution in [2.75, 3.05) is 26.9 Å². The van der Waals surface area contributed by atoms with E-state index in [-0.39, 0.29) is 25.6 Å². The maximum Gasteiger partial charge on any atom is 0.407 e. The lowest BCUT2D eigenvalue weighted by molar-refractivity contribution is -0.140. The number of hydrogen-bond acceptors (Lipinski definition) is 6. The number of methoxy groups -OCH3 is 1. The van der Waals surface area contributed by atoms with E-state index in [2.05, 4.69) is 16.0 Å². The fourth-order valence-electron chi connectivity index (χ4n) is 2.92. The molecule has 2 atom stereocenters. The molecule has 1 rings (SSSR count). The van der Waals surface area contributed by atoms with Crippen molar-refractivity contribution in [1.82, 2.24) is 16.0 Å². The summed E-state index contributed by atoms with van der Waals surface area (Å²) in [6.07, 6.45) is 0.409. The number of nitrogens with one attached hydrogen (secondary N) is 3. The first-order chi connectivity index (χ1) is 15.3. The van der Waals surface area contributed by atoms with Crippen molar-refractivity contribution < 1.29 is 28.7 Å². The van der Waals surface area contributed by atoms with Crippen LogP contribution < -0.4 is 16.0 Å². The van der Waals surface area contributed by atoms with Gasteiger partial charge in [-0.15, -0.1) is 0 Å². The molecule has 0 fully saturated rings. The molecule has 0 aliphatic carbocycles. The highest BCUT2D eigenvalue weighted by molar-refractivity contribution is 6.38. The number of hydrogen-bond donors (Lipinski definition) is 3. The normalized spacial score (nSPS) is 12.5. The molecule has 0 aliphatic rings. The Morgan fingerprint density at radius 3 is 2.25 bits per heavy atom. The summed E-state index contributed by atoms with van der Waals surface area (Å²) >= 11 is 0. The van der Waals surface area contributed by atoms with Gasteiger partial charge in [0, 0.05) is 20.1 Å². The molecule has 9 nitrogen and oxygen atoms in total. The molecule has 0 saturated heterocycles. The van der Waals surface area contributed by atoms with Gasteiger partial charge in [-0.05, 0) is 24.3 Å². The van der Waals surface area contributed by atoms with Crippen LogP contribution in [-0.4, -0.2) is 62.6 Å². The van der Waals surface area contributed by atoms with E-state index in [1.54, 1.807) is 0 Å². The zero-order valence-electron chi connectivity index (χ0n) is 19.3. The summed E-state index contributed by atoms with van der Waals surface area (Å²) in [6, 6.07) is 7.10. The number of carbonyl (C=O) groups is 4. The van der Waals surface area contributed by atoms with Gasteiger partial charge in [0.25, 0.3) is 5.91 Å². The summed E-state index contributed by atoms with van der Waals surface area (Å²) in [5.74, 6) is -1.96. The highest BCUT2D eigenvalue weighted by Gasteiger charge is 2.30. The van der Waals surface area contributed by atoms with Crippen LogP contribution in [-0.2, 0) is 30.3 Å². The first-order valence-electron chi connectivity index (χ1n) is 10.9. The Labute approximate surface area is 189 Å². The number of ketones is 1. The maximum atomic E-state index is 13.0. The Morgan fingerprint density at radius 1 is 0.969 bits per heavy atom. The Hall–Kier alpha value is -2.94. The van der Waals surface area contributed by atoms with Crippen LogP contribution in [0.1, 0.15) is 39.2 Å². The van der Waals surface area contributed by atoms with Crippen LogP contribution >= 0.6 is 0 Å². The van der Waals surface area contributed by atoms with Crippen molar-refractivity contribution in [3.8, 4) is 0 Å². The summed E-state index contributed by atoms with van der Waals surface area (Å²) < 4.78 is 9.82. The van der Waals surface area contributed by atoms with Crippen LogP contribution in [0.4, 0.5) is 4.79 Å². The summed E-state index contributed by atoms with van der Waals surface area (Å²) in [6.45, 7) is 6.33. The van der Waals surface area contributed by atoms with Crippen LogP contribution in [0.3, 0.4) is 0 Å². The molecule has 0 saturated carbocycles. The molecule has 2 unspecified atom stereocenters. The minimum atomic E-state index is -1.07. The van der Waals surface area contributed by atoms with Gasteiger partial charge in [-0.2, -0.15) is 0 Å². The first kappa shape index (κ1) is 27.1. The van der Waals surface area contributed by atoms with Gasteiger partial charge in [0.1, 0.15) is 18.7 Å². The SMILES string of the molecule is CCCNC(=O)C(=O)C(Cc1ccccc1)NC(=O)C(CC(C)C)NC(=O)OCCOC. The molecule has 178 valence electrons. The largest absolute Gasteiger partial charge is 0.447 e. The van der Waals surface area contributed by atoms with Crippen molar-refractivity contribution in [1.29, 1.82) is 0 Å². The van der Waals surface area contributed by atoms with Crippen LogP contribution in [0.25, 0.3) is 0 Å². The zero-order chi connectivity index (χ0) is 23.9. The molecule has 0 aliphatic heterocycles. The Morgan fingerprint density at radius 2 is 1.66 bits per heavy atom. The third-order valence-corrected chi connectivity index (χ3v) is 4.51. The van der Waals surface area contributed by atoms with Crippen molar-refractivity contribution in [2.45, 2.75) is 52.1 Å².